The van der Waals surface area contributed by atoms with Gasteiger partial charge in [0.05, 0.1) is 22.6 Å². The lowest BCUT2D eigenvalue weighted by Crippen LogP contribution is -2.48. The molecule has 3 aliphatic rings. The predicted molar refractivity (Wildman–Crippen MR) is 106 cm³/mol. The summed E-state index contributed by atoms with van der Waals surface area (Å²) in [5.74, 6) is 1.18. The Labute approximate surface area is 169 Å². The van der Waals surface area contributed by atoms with Crippen molar-refractivity contribution >= 4 is 17.2 Å². The highest BCUT2D eigenvalue weighted by atomic mass is 32.1. The van der Waals surface area contributed by atoms with Crippen LogP contribution in [0.4, 0.5) is 0 Å². The summed E-state index contributed by atoms with van der Waals surface area (Å²) >= 11 is 1.73. The molecule has 1 aliphatic carbocycles. The molecule has 5 rings (SSSR count). The molecule has 0 radical (unpaired) electrons. The quantitative estimate of drug-likeness (QED) is 0.768. The van der Waals surface area contributed by atoms with Gasteiger partial charge in [0.15, 0.2) is 0 Å². The Kier molecular flexibility index (Phi) is 4.55. The first-order valence-corrected chi connectivity index (χ1v) is 11.2. The molecule has 1 amide bonds. The summed E-state index contributed by atoms with van der Waals surface area (Å²) in [5, 5.41) is 5.03. The van der Waals surface area contributed by atoms with Crippen molar-refractivity contribution in [2.45, 2.75) is 64.4 Å². The van der Waals surface area contributed by atoms with E-state index in [1.54, 1.807) is 11.3 Å². The monoisotopic (exact) mass is 401 g/mol. The van der Waals surface area contributed by atoms with E-state index in [4.69, 9.17) is 14.2 Å². The molecule has 1 unspecified atom stereocenters. The topological polar surface area (TPSA) is 68.5 Å². The first-order chi connectivity index (χ1) is 13.5. The molecular formula is C21H27N3O3S. The molecule has 0 N–H and O–H groups in total. The Morgan fingerprint density at radius 2 is 2.07 bits per heavy atom. The second-order valence-corrected chi connectivity index (χ2v) is 9.57. The number of nitrogens with zero attached hydrogens (tertiary/aromatic N) is 3. The molecule has 0 bridgehead atoms. The molecular weight excluding hydrogens is 374 g/mol. The summed E-state index contributed by atoms with van der Waals surface area (Å²) in [7, 11) is 0. The van der Waals surface area contributed by atoms with Crippen molar-refractivity contribution in [2.75, 3.05) is 19.7 Å². The number of carbonyl (C=O) groups is 1. The molecule has 2 aliphatic heterocycles. The van der Waals surface area contributed by atoms with Crippen LogP contribution in [0.25, 0.3) is 10.6 Å². The van der Waals surface area contributed by atoms with Gasteiger partial charge in [-0.15, -0.1) is 11.3 Å². The number of likely N-dealkylation sites (tertiary alicyclic amines) is 1. The van der Waals surface area contributed by atoms with Gasteiger partial charge in [0.25, 0.3) is 0 Å². The molecule has 4 heterocycles. The second-order valence-electron chi connectivity index (χ2n) is 8.49. The number of rotatable bonds is 2. The maximum atomic E-state index is 13.1. The lowest BCUT2D eigenvalue weighted by molar-refractivity contribution is -0.140. The van der Waals surface area contributed by atoms with E-state index < -0.39 is 0 Å². The third-order valence-electron chi connectivity index (χ3n) is 6.71. The van der Waals surface area contributed by atoms with Crippen LogP contribution in [-0.4, -0.2) is 46.2 Å². The van der Waals surface area contributed by atoms with Crippen molar-refractivity contribution < 1.29 is 14.1 Å². The van der Waals surface area contributed by atoms with Crippen molar-refractivity contribution in [1.82, 2.24) is 15.0 Å². The minimum Gasteiger partial charge on any atom is -0.375 e. The fraction of sp³-hybridized carbons (Fsp3) is 0.667. The lowest BCUT2D eigenvalue weighted by Gasteiger charge is -2.40. The zero-order valence-electron chi connectivity index (χ0n) is 16.6. The van der Waals surface area contributed by atoms with E-state index in [1.807, 2.05) is 13.8 Å². The molecule has 2 aromatic heterocycles. The number of fused-ring (bicyclic) bond motifs is 1. The van der Waals surface area contributed by atoms with Gasteiger partial charge in [0.2, 0.25) is 5.91 Å². The van der Waals surface area contributed by atoms with E-state index in [1.165, 1.54) is 4.88 Å². The minimum atomic E-state index is 0.0608. The Morgan fingerprint density at radius 1 is 1.25 bits per heavy atom. The number of piperidine rings is 1. The number of hydrogen-bond donors (Lipinski definition) is 0. The number of ether oxygens (including phenoxy) is 1. The van der Waals surface area contributed by atoms with E-state index >= 15 is 0 Å². The van der Waals surface area contributed by atoms with E-state index in [0.717, 1.165) is 92.4 Å². The summed E-state index contributed by atoms with van der Waals surface area (Å²) in [6.45, 7) is 6.44. The number of aryl methyl sites for hydroxylation is 3. The second kappa shape index (κ2) is 6.95. The third kappa shape index (κ3) is 3.08. The molecule has 1 spiro atoms. The van der Waals surface area contributed by atoms with Gasteiger partial charge in [-0.05, 0) is 52.4 Å². The molecule has 1 atom stereocenters. The molecule has 2 aromatic rings. The van der Waals surface area contributed by atoms with Crippen LogP contribution in [-0.2, 0) is 22.4 Å². The molecule has 0 saturated carbocycles. The zero-order valence-corrected chi connectivity index (χ0v) is 17.4. The van der Waals surface area contributed by atoms with Crippen LogP contribution in [0.5, 0.6) is 0 Å². The molecule has 7 heteroatoms. The Balaban J connectivity index is 1.28. The highest BCUT2D eigenvalue weighted by Crippen LogP contribution is 2.39. The number of aromatic nitrogens is 2. The van der Waals surface area contributed by atoms with Crippen molar-refractivity contribution in [2.24, 2.45) is 5.92 Å². The summed E-state index contributed by atoms with van der Waals surface area (Å²) in [6.07, 6.45) is 6.92. The van der Waals surface area contributed by atoms with Crippen LogP contribution in [0.2, 0.25) is 0 Å². The first-order valence-electron chi connectivity index (χ1n) is 10.4. The summed E-state index contributed by atoms with van der Waals surface area (Å²) < 4.78 is 11.3. The summed E-state index contributed by atoms with van der Waals surface area (Å²) in [4.78, 5) is 21.4. The first kappa shape index (κ1) is 18.3. The van der Waals surface area contributed by atoms with Gasteiger partial charge < -0.3 is 14.2 Å². The summed E-state index contributed by atoms with van der Waals surface area (Å²) in [6, 6.07) is 0. The van der Waals surface area contributed by atoms with Crippen LogP contribution < -0.4 is 0 Å². The molecule has 28 heavy (non-hydrogen) atoms. The van der Waals surface area contributed by atoms with Crippen LogP contribution in [0, 0.1) is 19.8 Å². The average Bonchev–Trinajstić information content (AvgIpc) is 3.40. The molecule has 2 saturated heterocycles. The fourth-order valence-electron chi connectivity index (χ4n) is 5.03. The van der Waals surface area contributed by atoms with Gasteiger partial charge in [-0.1, -0.05) is 5.16 Å². The van der Waals surface area contributed by atoms with Gasteiger partial charge in [0.1, 0.15) is 10.8 Å². The number of hydrogen-bond acceptors (Lipinski definition) is 6. The smallest absolute Gasteiger partial charge is 0.226 e. The highest BCUT2D eigenvalue weighted by Gasteiger charge is 2.41. The minimum absolute atomic E-state index is 0.0608. The van der Waals surface area contributed by atoms with Crippen LogP contribution in [0.3, 0.4) is 0 Å². The normalized spacial score (nSPS) is 23.9. The molecule has 0 aromatic carbocycles. The van der Waals surface area contributed by atoms with Gasteiger partial charge in [-0.2, -0.15) is 0 Å². The summed E-state index contributed by atoms with van der Waals surface area (Å²) in [5.41, 5.74) is 3.05. The van der Waals surface area contributed by atoms with Crippen molar-refractivity contribution in [3.63, 3.8) is 0 Å². The van der Waals surface area contributed by atoms with E-state index in [2.05, 4.69) is 10.1 Å². The van der Waals surface area contributed by atoms with Gasteiger partial charge in [0, 0.05) is 36.9 Å². The predicted octanol–water partition coefficient (Wildman–Crippen LogP) is 3.69. The SMILES string of the molecule is Cc1noc(C)c1-c1nc2c(s1)CCC(C(=O)N1CCC3(CCCO3)CC1)C2. The van der Waals surface area contributed by atoms with Crippen molar-refractivity contribution in [3.8, 4) is 10.6 Å². The maximum absolute atomic E-state index is 13.1. The zero-order chi connectivity index (χ0) is 19.3. The fourth-order valence-corrected chi connectivity index (χ4v) is 6.28. The standard InChI is InChI=1S/C21H27N3O3S/c1-13-18(14(2)27-23-13)19-22-16-12-15(4-5-17(16)28-19)20(25)24-9-7-21(8-10-24)6-3-11-26-21/h15H,3-12H2,1-2H3. The number of carbonyl (C=O) groups excluding carboxylic acids is 1. The van der Waals surface area contributed by atoms with Gasteiger partial charge in [-0.3, -0.25) is 4.79 Å². The molecule has 150 valence electrons. The van der Waals surface area contributed by atoms with Crippen molar-refractivity contribution in [1.29, 1.82) is 0 Å². The van der Waals surface area contributed by atoms with Gasteiger partial charge >= 0.3 is 0 Å². The molecule has 6 nitrogen and oxygen atoms in total. The number of thiazole rings is 1. The largest absolute Gasteiger partial charge is 0.375 e. The van der Waals surface area contributed by atoms with E-state index in [9.17, 15) is 4.79 Å². The van der Waals surface area contributed by atoms with Crippen LogP contribution in [0.15, 0.2) is 4.52 Å². The number of amides is 1. The lowest BCUT2D eigenvalue weighted by atomic mass is 9.86. The van der Waals surface area contributed by atoms with Crippen molar-refractivity contribution in [3.05, 3.63) is 22.0 Å². The van der Waals surface area contributed by atoms with Crippen LogP contribution >= 0.6 is 11.3 Å². The maximum Gasteiger partial charge on any atom is 0.226 e. The highest BCUT2D eigenvalue weighted by molar-refractivity contribution is 7.15. The Hall–Kier alpha value is -1.73. The van der Waals surface area contributed by atoms with Gasteiger partial charge in [-0.25, -0.2) is 4.98 Å². The molecule has 2 fully saturated rings. The Morgan fingerprint density at radius 3 is 2.75 bits per heavy atom. The third-order valence-corrected chi connectivity index (χ3v) is 7.88. The van der Waals surface area contributed by atoms with E-state index in [0.29, 0.717) is 5.91 Å². The Bertz CT molecular complexity index is 867. The average molecular weight is 402 g/mol. The van der Waals surface area contributed by atoms with Crippen LogP contribution in [0.1, 0.15) is 54.1 Å². The van der Waals surface area contributed by atoms with E-state index in [-0.39, 0.29) is 11.5 Å².